The summed E-state index contributed by atoms with van der Waals surface area (Å²) >= 11 is 14.5. The zero-order valence-corrected chi connectivity index (χ0v) is 20.9. The van der Waals surface area contributed by atoms with Crippen molar-refractivity contribution in [2.45, 2.75) is 41.7 Å². The van der Waals surface area contributed by atoms with Gasteiger partial charge in [-0.1, -0.05) is 65.3 Å². The first kappa shape index (κ1) is 26.0. The van der Waals surface area contributed by atoms with Gasteiger partial charge in [0.25, 0.3) is 5.24 Å². The number of aromatic nitrogens is 4. The van der Waals surface area contributed by atoms with Crippen molar-refractivity contribution in [1.82, 2.24) is 25.5 Å². The monoisotopic (exact) mass is 539 g/mol. The lowest BCUT2D eigenvalue weighted by atomic mass is 10.1. The molecule has 0 radical (unpaired) electrons. The van der Waals surface area contributed by atoms with E-state index in [-0.39, 0.29) is 11.7 Å². The van der Waals surface area contributed by atoms with Crippen LogP contribution in [-0.2, 0) is 21.9 Å². The third-order valence-corrected chi connectivity index (χ3v) is 7.01. The van der Waals surface area contributed by atoms with Gasteiger partial charge >= 0.3 is 5.97 Å². The van der Waals surface area contributed by atoms with Gasteiger partial charge in [0.05, 0.1) is 21.4 Å². The summed E-state index contributed by atoms with van der Waals surface area (Å²) in [7, 11) is 0. The molecule has 0 aliphatic rings. The number of carbonyl (C=O) groups excluding carboxylic acids is 2. The smallest absolute Gasteiger partial charge is 0.305 e. The van der Waals surface area contributed by atoms with E-state index in [0.717, 1.165) is 39.4 Å². The third kappa shape index (κ3) is 7.73. The first-order chi connectivity index (χ1) is 16.2. The number of rotatable bonds is 10. The van der Waals surface area contributed by atoms with Gasteiger partial charge in [-0.25, -0.2) is 0 Å². The highest BCUT2D eigenvalue weighted by Crippen LogP contribution is 2.37. The predicted molar refractivity (Wildman–Crippen MR) is 130 cm³/mol. The van der Waals surface area contributed by atoms with Crippen LogP contribution in [0.3, 0.4) is 0 Å². The number of tetrazole rings is 1. The van der Waals surface area contributed by atoms with Gasteiger partial charge in [-0.3, -0.25) is 14.4 Å². The summed E-state index contributed by atoms with van der Waals surface area (Å²) in [5.74, 6) is -1.41. The van der Waals surface area contributed by atoms with Crippen LogP contribution in [0.15, 0.2) is 52.5 Å². The third-order valence-electron chi connectivity index (χ3n) is 4.34. The number of carboxylic acids is 1. The number of carbonyl (C=O) groups is 3. The van der Waals surface area contributed by atoms with E-state index in [0.29, 0.717) is 20.7 Å². The summed E-state index contributed by atoms with van der Waals surface area (Å²) in [6.45, 7) is 1.49. The van der Waals surface area contributed by atoms with E-state index < -0.39 is 29.5 Å². The number of thioether (sulfide) groups is 1. The van der Waals surface area contributed by atoms with Gasteiger partial charge in [0.1, 0.15) is 12.6 Å². The molecule has 2 aromatic carbocycles. The maximum absolute atomic E-state index is 12.7. The van der Waals surface area contributed by atoms with Gasteiger partial charge in [-0.05, 0) is 47.2 Å². The number of halogens is 2. The molecule has 1 amide bonds. The molecule has 0 saturated heterocycles. The summed E-state index contributed by atoms with van der Waals surface area (Å²) in [5.41, 5.74) is 1.82. The molecule has 0 aliphatic carbocycles. The fourth-order valence-corrected chi connectivity index (χ4v) is 5.04. The van der Waals surface area contributed by atoms with E-state index in [9.17, 15) is 19.5 Å². The maximum Gasteiger partial charge on any atom is 0.305 e. The molecule has 34 heavy (non-hydrogen) atoms. The highest BCUT2D eigenvalue weighted by atomic mass is 35.5. The van der Waals surface area contributed by atoms with E-state index in [1.807, 2.05) is 37.3 Å². The Morgan fingerprint density at radius 3 is 2.47 bits per heavy atom. The normalized spacial score (nSPS) is 11.7. The average molecular weight is 540 g/mol. The summed E-state index contributed by atoms with van der Waals surface area (Å²) in [4.78, 5) is 37.8. The lowest BCUT2D eigenvalue weighted by molar-refractivity contribution is -0.139. The van der Waals surface area contributed by atoms with Gasteiger partial charge in [0.2, 0.25) is 5.16 Å². The Balaban J connectivity index is 1.61. The number of aliphatic carboxylic acids is 1. The van der Waals surface area contributed by atoms with Crippen LogP contribution >= 0.6 is 46.7 Å². The Labute approximate surface area is 213 Å². The summed E-state index contributed by atoms with van der Waals surface area (Å²) in [6.07, 6.45) is -0.568. The Morgan fingerprint density at radius 2 is 1.82 bits per heavy atom. The maximum atomic E-state index is 12.7. The lowest BCUT2D eigenvalue weighted by Gasteiger charge is -2.15. The Morgan fingerprint density at radius 1 is 1.15 bits per heavy atom. The Hall–Kier alpha value is -2.60. The average Bonchev–Trinajstić information content (AvgIpc) is 3.21. The molecule has 3 aromatic rings. The topological polar surface area (TPSA) is 127 Å². The minimum Gasteiger partial charge on any atom is -0.481 e. The van der Waals surface area contributed by atoms with Crippen LogP contribution < -0.4 is 5.32 Å². The molecule has 0 spiro atoms. The number of hydrogen-bond donors (Lipinski definition) is 2. The fraction of sp³-hybridized carbons (Fsp3) is 0.238. The number of Topliss-reactive ketones (excluding diaryl/α,β-unsaturated/α-hetero) is 1. The number of nitrogens with one attached hydrogen (secondary N) is 1. The zero-order chi connectivity index (χ0) is 24.7. The van der Waals surface area contributed by atoms with Gasteiger partial charge < -0.3 is 10.4 Å². The van der Waals surface area contributed by atoms with Gasteiger partial charge in [0, 0.05) is 5.75 Å². The molecule has 2 N–H and O–H groups in total. The van der Waals surface area contributed by atoms with Gasteiger partial charge in [0.15, 0.2) is 5.78 Å². The van der Waals surface area contributed by atoms with Crippen LogP contribution in [0.4, 0.5) is 4.79 Å². The van der Waals surface area contributed by atoms with Crippen LogP contribution in [0, 0.1) is 6.92 Å². The molecule has 0 bridgehead atoms. The van der Waals surface area contributed by atoms with Crippen LogP contribution in [0.25, 0.3) is 0 Å². The number of amides is 1. The number of carboxylic acid groups (broad SMARTS) is 1. The van der Waals surface area contributed by atoms with Crippen molar-refractivity contribution < 1.29 is 19.5 Å². The molecule has 0 fully saturated rings. The standard InChI is InChI=1S/C21H19Cl2N5O4S2/c1-12-7-14(22)19(15(23)8-12)34-20-25-27-28(26-20)10-17(29)16(9-18(30)31)24-21(32)33-11-13-5-3-2-4-6-13/h2-8,16H,9-11H2,1H3,(H,24,32)(H,30,31). The van der Waals surface area contributed by atoms with Crippen molar-refractivity contribution >= 4 is 63.7 Å². The van der Waals surface area contributed by atoms with Crippen molar-refractivity contribution in [3.05, 3.63) is 63.6 Å². The second-order valence-corrected chi connectivity index (χ2v) is 9.83. The zero-order valence-electron chi connectivity index (χ0n) is 17.8. The second-order valence-electron chi connectivity index (χ2n) is 7.08. The number of nitrogens with zero attached hydrogens (tertiary/aromatic N) is 4. The molecule has 1 aromatic heterocycles. The molecular weight excluding hydrogens is 521 g/mol. The minimum atomic E-state index is -1.24. The van der Waals surface area contributed by atoms with E-state index in [2.05, 4.69) is 20.7 Å². The molecule has 9 nitrogen and oxygen atoms in total. The molecule has 178 valence electrons. The van der Waals surface area contributed by atoms with Crippen LogP contribution in [-0.4, -0.2) is 48.3 Å². The highest BCUT2D eigenvalue weighted by molar-refractivity contribution is 8.12. The Bertz CT molecular complexity index is 1170. The van der Waals surface area contributed by atoms with Crippen molar-refractivity contribution in [1.29, 1.82) is 0 Å². The highest BCUT2D eigenvalue weighted by Gasteiger charge is 2.25. The first-order valence-corrected chi connectivity index (χ1v) is 12.4. The molecule has 1 unspecified atom stereocenters. The molecule has 1 heterocycles. The number of hydrogen-bond acceptors (Lipinski definition) is 8. The quantitative estimate of drug-likeness (QED) is 0.382. The predicted octanol–water partition coefficient (Wildman–Crippen LogP) is 4.49. The van der Waals surface area contributed by atoms with E-state index in [4.69, 9.17) is 23.2 Å². The lowest BCUT2D eigenvalue weighted by Crippen LogP contribution is -2.42. The SMILES string of the molecule is Cc1cc(Cl)c(Sc2nnn(CC(=O)C(CC(=O)O)NC(=O)SCc3ccccc3)n2)c(Cl)c1. The minimum absolute atomic E-state index is 0.206. The van der Waals surface area contributed by atoms with Crippen LogP contribution in [0.5, 0.6) is 0 Å². The van der Waals surface area contributed by atoms with Gasteiger partial charge in [-0.15, -0.1) is 10.2 Å². The summed E-state index contributed by atoms with van der Waals surface area (Å²) in [5, 5.41) is 24.0. The molecule has 3 rings (SSSR count). The fourth-order valence-electron chi connectivity index (χ4n) is 2.79. The largest absolute Gasteiger partial charge is 0.481 e. The molecule has 13 heteroatoms. The van der Waals surface area contributed by atoms with Gasteiger partial charge in [-0.2, -0.15) is 4.80 Å². The summed E-state index contributed by atoms with van der Waals surface area (Å²) in [6, 6.07) is 11.5. The molecular formula is C21H19Cl2N5O4S2. The number of benzene rings is 2. The summed E-state index contributed by atoms with van der Waals surface area (Å²) < 4.78 is 0. The van der Waals surface area contributed by atoms with Crippen molar-refractivity contribution in [2.75, 3.05) is 0 Å². The molecule has 0 aliphatic heterocycles. The van der Waals surface area contributed by atoms with E-state index in [1.165, 1.54) is 0 Å². The second kappa shape index (κ2) is 12.2. The van der Waals surface area contributed by atoms with Crippen molar-refractivity contribution in [3.63, 3.8) is 0 Å². The van der Waals surface area contributed by atoms with E-state index in [1.54, 1.807) is 12.1 Å². The molecule has 1 atom stereocenters. The van der Waals surface area contributed by atoms with Crippen molar-refractivity contribution in [2.24, 2.45) is 0 Å². The van der Waals surface area contributed by atoms with E-state index >= 15 is 0 Å². The first-order valence-electron chi connectivity index (χ1n) is 9.84. The van der Waals surface area contributed by atoms with Crippen molar-refractivity contribution in [3.8, 4) is 0 Å². The van der Waals surface area contributed by atoms with Crippen LogP contribution in [0.2, 0.25) is 10.0 Å². The molecule has 0 saturated carbocycles. The number of ketones is 1. The van der Waals surface area contributed by atoms with Crippen LogP contribution in [0.1, 0.15) is 17.5 Å². The number of aryl methyl sites for hydroxylation is 1. The Kier molecular flexibility index (Phi) is 9.34.